The average Bonchev–Trinajstić information content (AvgIpc) is 3.78. The number of carbonyl (C=O) groups excluding carboxylic acids is 4. The normalized spacial score (nSPS) is 40.4. The highest BCUT2D eigenvalue weighted by Crippen LogP contribution is 2.68. The Morgan fingerprint density at radius 1 is 0.944 bits per heavy atom. The molecule has 13 nitrogen and oxygen atoms in total. The third-order valence-corrected chi connectivity index (χ3v) is 16.8. The molecule has 4 aliphatic carbocycles. The Hall–Kier alpha value is -2.13. The molecule has 0 radical (unpaired) electrons. The number of carbonyl (C=O) groups is 4. The van der Waals surface area contributed by atoms with Gasteiger partial charge < -0.3 is 52.6 Å². The molecule has 0 bridgehead atoms. The number of quaternary nitrogens is 1. The molecule has 6 rings (SSSR count). The number of unbranched alkanes of at least 4 members (excludes halogenated alkanes) is 2. The number of hydrogen-bond donors (Lipinski definition) is 8. The summed E-state index contributed by atoms with van der Waals surface area (Å²) in [5, 5.41) is 57.6. The molecule has 0 spiro atoms. The molecule has 6 aliphatic rings. The number of amides is 4. The van der Waals surface area contributed by atoms with Crippen molar-refractivity contribution < 1.29 is 39.6 Å². The van der Waals surface area contributed by atoms with Crippen LogP contribution < -0.4 is 32.5 Å². The molecule has 15 atom stereocenters. The van der Waals surface area contributed by atoms with Gasteiger partial charge in [0.1, 0.15) is 0 Å². The van der Waals surface area contributed by atoms with Crippen LogP contribution in [0.3, 0.4) is 0 Å². The Kier molecular flexibility index (Phi) is 14.3. The van der Waals surface area contributed by atoms with Gasteiger partial charge in [-0.05, 0) is 130 Å². The zero-order valence-corrected chi connectivity index (χ0v) is 33.8. The van der Waals surface area contributed by atoms with Crippen LogP contribution in [0.2, 0.25) is 0 Å². The van der Waals surface area contributed by atoms with Gasteiger partial charge in [0, 0.05) is 30.4 Å². The molecule has 308 valence electrons. The number of fused-ring (bicyclic) bond motifs is 6. The highest BCUT2D eigenvalue weighted by molar-refractivity contribution is 8.00. The van der Waals surface area contributed by atoms with Crippen molar-refractivity contribution in [3.8, 4) is 0 Å². The van der Waals surface area contributed by atoms with Gasteiger partial charge in [0.05, 0.1) is 42.4 Å². The van der Waals surface area contributed by atoms with Crippen LogP contribution in [0.5, 0.6) is 0 Å². The van der Waals surface area contributed by atoms with Crippen LogP contribution in [-0.4, -0.2) is 93.1 Å². The number of carboxylic acids is 1. The van der Waals surface area contributed by atoms with Gasteiger partial charge in [0.25, 0.3) is 0 Å². The molecule has 0 aromatic carbocycles. The van der Waals surface area contributed by atoms with Crippen molar-refractivity contribution >= 4 is 35.6 Å². The van der Waals surface area contributed by atoms with E-state index in [1.165, 1.54) is 0 Å². The van der Waals surface area contributed by atoms with Crippen molar-refractivity contribution in [1.29, 1.82) is 0 Å². The van der Waals surface area contributed by atoms with Gasteiger partial charge in [-0.15, -0.1) is 0 Å². The SMILES string of the molecule is C[C@H](CCC(=O)N[C@@H](CCCCNC(=O)CCCC[C@@H]1SC[C@@H]2NC(=O)N[C@@H]21)C(=O)[O-])[C@H]1CC[C@H]2[C@@H]3[C@H](O)C[C@@H]4C[C@H](O)CC[C@]4(C)[C@H]3C[C@H](O)[C@]12C.[NH4+]. The van der Waals surface area contributed by atoms with Crippen LogP contribution in [0.25, 0.3) is 0 Å². The molecule has 2 saturated heterocycles. The Bertz CT molecular complexity index is 1340. The lowest BCUT2D eigenvalue weighted by atomic mass is 9.43. The maximum absolute atomic E-state index is 13.0. The predicted octanol–water partition coefficient (Wildman–Crippen LogP) is 2.99. The second-order valence-electron chi connectivity index (χ2n) is 18.2. The fourth-order valence-corrected chi connectivity index (χ4v) is 13.8. The summed E-state index contributed by atoms with van der Waals surface area (Å²) >= 11 is 1.87. The molecule has 0 aromatic rings. The Morgan fingerprint density at radius 3 is 2.48 bits per heavy atom. The van der Waals surface area contributed by atoms with E-state index in [-0.39, 0.29) is 101 Å². The first-order chi connectivity index (χ1) is 25.2. The first-order valence-electron chi connectivity index (χ1n) is 20.7. The molecule has 4 saturated carbocycles. The van der Waals surface area contributed by atoms with E-state index in [1.54, 1.807) is 0 Å². The van der Waals surface area contributed by atoms with Crippen LogP contribution in [0.4, 0.5) is 4.79 Å². The van der Waals surface area contributed by atoms with Crippen LogP contribution in [0, 0.1) is 46.3 Å². The monoisotopic (exact) mass is 779 g/mol. The summed E-state index contributed by atoms with van der Waals surface area (Å²) in [6.45, 7) is 7.12. The van der Waals surface area contributed by atoms with E-state index in [9.17, 15) is 39.6 Å². The van der Waals surface area contributed by atoms with Gasteiger partial charge in [0.2, 0.25) is 11.8 Å². The lowest BCUT2D eigenvalue weighted by molar-refractivity contribution is -0.308. The molecule has 54 heavy (non-hydrogen) atoms. The van der Waals surface area contributed by atoms with Gasteiger partial charge in [-0.2, -0.15) is 11.8 Å². The molecule has 2 aliphatic heterocycles. The van der Waals surface area contributed by atoms with Gasteiger partial charge in [0.15, 0.2) is 0 Å². The minimum Gasteiger partial charge on any atom is -0.548 e. The maximum Gasteiger partial charge on any atom is 0.315 e. The van der Waals surface area contributed by atoms with Crippen molar-refractivity contribution in [1.82, 2.24) is 27.4 Å². The number of thioether (sulfide) groups is 1. The van der Waals surface area contributed by atoms with Gasteiger partial charge in [-0.3, -0.25) is 9.59 Å². The molecular formula is C40H69N5O8S. The number of aliphatic hydroxyl groups excluding tert-OH is 3. The number of nitrogens with one attached hydrogen (secondary N) is 4. The topological polar surface area (TPSA) is 237 Å². The molecule has 14 heteroatoms. The lowest BCUT2D eigenvalue weighted by Gasteiger charge is -2.63. The summed E-state index contributed by atoms with van der Waals surface area (Å²) in [6, 6.07) is -0.806. The number of rotatable bonds is 16. The Balaban J connectivity index is 0.00000561. The summed E-state index contributed by atoms with van der Waals surface area (Å²) in [4.78, 5) is 48.8. The molecule has 0 aromatic heterocycles. The summed E-state index contributed by atoms with van der Waals surface area (Å²) in [5.74, 6) is 0.452. The quantitative estimate of drug-likeness (QED) is 0.0848. The van der Waals surface area contributed by atoms with E-state index in [2.05, 4.69) is 42.0 Å². The summed E-state index contributed by atoms with van der Waals surface area (Å²) in [5.41, 5.74) is -0.337. The zero-order chi connectivity index (χ0) is 38.1. The highest BCUT2D eigenvalue weighted by Gasteiger charge is 2.65. The number of aliphatic carboxylic acids is 1. The molecule has 6 fully saturated rings. The average molecular weight is 780 g/mol. The molecule has 11 N–H and O–H groups in total. The largest absolute Gasteiger partial charge is 0.548 e. The summed E-state index contributed by atoms with van der Waals surface area (Å²) in [6.07, 6.45) is 9.69. The van der Waals surface area contributed by atoms with E-state index in [0.29, 0.717) is 43.9 Å². The maximum atomic E-state index is 13.0. The van der Waals surface area contributed by atoms with E-state index < -0.39 is 24.2 Å². The standard InChI is InChI=1S/C40H66N4O8S.H3N/c1-22(25-12-13-26-35-27(20-32(47)40(25,26)3)39(2)16-15-24(45)18-23(39)19-30(35)46)11-14-34(49)42-28(37(50)51)8-6-7-17-41-33(48)10-5-4-9-31-36-29(21-53-31)43-38(52)44-36;/h22-32,35-36,45-47H,4-21H2,1-3H3,(H,41,48)(H,42,49)(H,50,51)(H2,43,44,52);1H3/t22-,23+,24-,25-,26+,27+,28+,29+,30-,31+,32+,35+,36+,39+,40-;/m1./s1. The Labute approximate surface area is 325 Å². The fraction of sp³-hybridized carbons (Fsp3) is 0.900. The highest BCUT2D eigenvalue weighted by atomic mass is 32.2. The lowest BCUT2D eigenvalue weighted by Crippen LogP contribution is -2.62. The number of urea groups is 1. The van der Waals surface area contributed by atoms with Crippen LogP contribution in [0.15, 0.2) is 0 Å². The van der Waals surface area contributed by atoms with Gasteiger partial charge in [-0.1, -0.05) is 27.2 Å². The van der Waals surface area contributed by atoms with Crippen LogP contribution in [0.1, 0.15) is 124 Å². The van der Waals surface area contributed by atoms with E-state index >= 15 is 0 Å². The summed E-state index contributed by atoms with van der Waals surface area (Å²) < 4.78 is 0. The van der Waals surface area contributed by atoms with Crippen LogP contribution in [-0.2, 0) is 14.4 Å². The van der Waals surface area contributed by atoms with Crippen molar-refractivity contribution in [2.75, 3.05) is 12.3 Å². The zero-order valence-electron chi connectivity index (χ0n) is 33.0. The first-order valence-corrected chi connectivity index (χ1v) is 21.8. The minimum atomic E-state index is -1.31. The second kappa shape index (κ2) is 18.0. The van der Waals surface area contributed by atoms with E-state index in [1.807, 2.05) is 11.8 Å². The Morgan fingerprint density at radius 2 is 1.72 bits per heavy atom. The first kappa shape index (κ1) is 43.0. The molecule has 0 unspecified atom stereocenters. The third kappa shape index (κ3) is 8.87. The molecular weight excluding hydrogens is 711 g/mol. The van der Waals surface area contributed by atoms with E-state index in [0.717, 1.165) is 63.5 Å². The van der Waals surface area contributed by atoms with Crippen molar-refractivity contribution in [2.24, 2.45) is 46.3 Å². The van der Waals surface area contributed by atoms with E-state index in [4.69, 9.17) is 0 Å². The second-order valence-corrected chi connectivity index (χ2v) is 19.5. The fourth-order valence-electron chi connectivity index (χ4n) is 12.3. The minimum absolute atomic E-state index is 0. The van der Waals surface area contributed by atoms with Crippen molar-refractivity contribution in [3.63, 3.8) is 0 Å². The number of hydrogen-bond acceptors (Lipinski definition) is 9. The van der Waals surface area contributed by atoms with Crippen molar-refractivity contribution in [2.45, 2.75) is 165 Å². The number of aliphatic hydroxyl groups is 3. The van der Waals surface area contributed by atoms with Crippen molar-refractivity contribution in [3.05, 3.63) is 0 Å². The molecule has 4 amide bonds. The van der Waals surface area contributed by atoms with Gasteiger partial charge in [-0.25, -0.2) is 4.79 Å². The van der Waals surface area contributed by atoms with Crippen LogP contribution >= 0.6 is 11.8 Å². The third-order valence-electron chi connectivity index (χ3n) is 15.3. The number of carboxylic acid groups (broad SMARTS) is 1. The predicted molar refractivity (Wildman–Crippen MR) is 206 cm³/mol. The summed E-state index contributed by atoms with van der Waals surface area (Å²) in [7, 11) is 0. The smallest absolute Gasteiger partial charge is 0.315 e. The molecule has 2 heterocycles. The van der Waals surface area contributed by atoms with Gasteiger partial charge >= 0.3 is 6.03 Å².